The van der Waals surface area contributed by atoms with Crippen molar-refractivity contribution in [2.45, 2.75) is 5.44 Å². The van der Waals surface area contributed by atoms with Crippen LogP contribution in [0.4, 0.5) is 0 Å². The van der Waals surface area contributed by atoms with Crippen LogP contribution < -0.4 is 0 Å². The molecule has 1 heterocycles. The van der Waals surface area contributed by atoms with Crippen LogP contribution >= 0.6 is 11.8 Å². The molecular formula is C3H6O2S. The van der Waals surface area contributed by atoms with Gasteiger partial charge in [-0.3, -0.25) is 0 Å². The van der Waals surface area contributed by atoms with Gasteiger partial charge in [-0.25, -0.2) is 0 Å². The largest absolute Gasteiger partial charge is 0.380 e. The minimum absolute atomic E-state index is 0.259. The van der Waals surface area contributed by atoms with E-state index in [0.717, 1.165) is 0 Å². The molecule has 3 heteroatoms. The highest BCUT2D eigenvalue weighted by atomic mass is 32.2. The van der Waals surface area contributed by atoms with Crippen LogP contribution in [0.1, 0.15) is 0 Å². The lowest BCUT2D eigenvalue weighted by molar-refractivity contribution is 0.132. The maximum atomic E-state index is 8.57. The Morgan fingerprint density at radius 1 is 1.83 bits per heavy atom. The molecule has 0 radical (unpaired) electrons. The van der Waals surface area contributed by atoms with E-state index < -0.39 is 0 Å². The summed E-state index contributed by atoms with van der Waals surface area (Å²) in [5.41, 5.74) is -0.259. The zero-order valence-corrected chi connectivity index (χ0v) is 4.07. The molecule has 1 fully saturated rings. The van der Waals surface area contributed by atoms with Crippen molar-refractivity contribution in [3.63, 3.8) is 0 Å². The molecule has 0 aliphatic carbocycles. The van der Waals surface area contributed by atoms with Gasteiger partial charge in [0.25, 0.3) is 0 Å². The number of rotatable bonds is 0. The normalized spacial score (nSPS) is 34.5. The summed E-state index contributed by atoms with van der Waals surface area (Å²) in [7, 11) is 0. The topological polar surface area (TPSA) is 29.5 Å². The summed E-state index contributed by atoms with van der Waals surface area (Å²) in [6, 6.07) is 0. The Morgan fingerprint density at radius 2 is 2.67 bits per heavy atom. The van der Waals surface area contributed by atoms with Gasteiger partial charge < -0.3 is 9.84 Å². The Labute approximate surface area is 40.5 Å². The number of aliphatic hydroxyl groups excluding tert-OH is 1. The van der Waals surface area contributed by atoms with E-state index in [9.17, 15) is 0 Å². The molecule has 1 saturated heterocycles. The van der Waals surface area contributed by atoms with Crippen molar-refractivity contribution in [1.29, 1.82) is 0 Å². The van der Waals surface area contributed by atoms with Crippen LogP contribution in [0.3, 0.4) is 0 Å². The van der Waals surface area contributed by atoms with Crippen molar-refractivity contribution in [2.24, 2.45) is 0 Å². The van der Waals surface area contributed by atoms with Gasteiger partial charge in [-0.2, -0.15) is 0 Å². The maximum absolute atomic E-state index is 8.57. The van der Waals surface area contributed by atoms with Gasteiger partial charge in [-0.15, -0.1) is 11.8 Å². The zero-order chi connectivity index (χ0) is 4.41. The van der Waals surface area contributed by atoms with Gasteiger partial charge in [0.05, 0.1) is 12.5 Å². The number of hydrogen-bond acceptors (Lipinski definition) is 3. The number of thioether (sulfide) groups is 1. The fourth-order valence-electron chi connectivity index (χ4n) is 0.324. The van der Waals surface area contributed by atoms with Crippen molar-refractivity contribution in [3.8, 4) is 0 Å². The van der Waals surface area contributed by atoms with Gasteiger partial charge in [0, 0.05) is 0 Å². The molecule has 1 rings (SSSR count). The SMILES string of the molecule is OC1COCS1. The third-order valence-electron chi connectivity index (χ3n) is 0.604. The third-order valence-corrected chi connectivity index (χ3v) is 1.43. The fourth-order valence-corrected chi connectivity index (χ4v) is 0.866. The lowest BCUT2D eigenvalue weighted by Crippen LogP contribution is -1.98. The van der Waals surface area contributed by atoms with Gasteiger partial charge in [0.2, 0.25) is 0 Å². The molecule has 2 nitrogen and oxygen atoms in total. The molecule has 1 aliphatic heterocycles. The average Bonchev–Trinajstić information content (AvgIpc) is 1.86. The summed E-state index contributed by atoms with van der Waals surface area (Å²) < 4.78 is 4.77. The van der Waals surface area contributed by atoms with Gasteiger partial charge in [-0.1, -0.05) is 0 Å². The summed E-state index contributed by atoms with van der Waals surface area (Å²) in [6.07, 6.45) is 0. The molecule has 0 spiro atoms. The number of hydrogen-bond donors (Lipinski definition) is 1. The number of aliphatic hydroxyl groups is 1. The first-order valence-electron chi connectivity index (χ1n) is 1.77. The Balaban J connectivity index is 2.18. The molecule has 1 aliphatic rings. The van der Waals surface area contributed by atoms with Crippen LogP contribution in [0.5, 0.6) is 0 Å². The summed E-state index contributed by atoms with van der Waals surface area (Å²) in [5.74, 6) is 0.654. The van der Waals surface area contributed by atoms with Crippen LogP contribution in [0.2, 0.25) is 0 Å². The minimum atomic E-state index is -0.259. The van der Waals surface area contributed by atoms with E-state index in [1.807, 2.05) is 0 Å². The lowest BCUT2D eigenvalue weighted by atomic mass is 10.8. The smallest absolute Gasteiger partial charge is 0.125 e. The van der Waals surface area contributed by atoms with E-state index in [-0.39, 0.29) is 5.44 Å². The second-order valence-electron chi connectivity index (χ2n) is 1.11. The highest BCUT2D eigenvalue weighted by Crippen LogP contribution is 2.14. The van der Waals surface area contributed by atoms with E-state index in [1.54, 1.807) is 0 Å². The Morgan fingerprint density at radius 3 is 2.83 bits per heavy atom. The van der Waals surface area contributed by atoms with Gasteiger partial charge >= 0.3 is 0 Å². The molecule has 1 atom stereocenters. The summed E-state index contributed by atoms with van der Waals surface area (Å²) in [5, 5.41) is 8.57. The van der Waals surface area contributed by atoms with Crippen molar-refractivity contribution in [1.82, 2.24) is 0 Å². The first kappa shape index (κ1) is 4.43. The second kappa shape index (κ2) is 1.82. The average molecular weight is 106 g/mol. The molecule has 0 bridgehead atoms. The monoisotopic (exact) mass is 106 g/mol. The fraction of sp³-hybridized carbons (Fsp3) is 1.00. The highest BCUT2D eigenvalue weighted by molar-refractivity contribution is 7.99. The summed E-state index contributed by atoms with van der Waals surface area (Å²) in [6.45, 7) is 0.505. The molecule has 0 saturated carbocycles. The van der Waals surface area contributed by atoms with Crippen molar-refractivity contribution in [3.05, 3.63) is 0 Å². The predicted molar refractivity (Wildman–Crippen MR) is 24.4 cm³/mol. The van der Waals surface area contributed by atoms with Gasteiger partial charge in [0.15, 0.2) is 0 Å². The van der Waals surface area contributed by atoms with Crippen molar-refractivity contribution in [2.75, 3.05) is 12.5 Å². The summed E-state index contributed by atoms with van der Waals surface area (Å²) >= 11 is 1.43. The molecule has 0 aromatic rings. The van der Waals surface area contributed by atoms with Crippen molar-refractivity contribution < 1.29 is 9.84 Å². The molecule has 1 unspecified atom stereocenters. The standard InChI is InChI=1S/C3H6O2S/c4-3-1-5-2-6-3/h3-4H,1-2H2. The number of ether oxygens (including phenoxy) is 1. The molecule has 0 aromatic carbocycles. The van der Waals surface area contributed by atoms with Gasteiger partial charge in [-0.05, 0) is 0 Å². The summed E-state index contributed by atoms with van der Waals surface area (Å²) in [4.78, 5) is 0. The first-order valence-corrected chi connectivity index (χ1v) is 2.82. The van der Waals surface area contributed by atoms with E-state index in [0.29, 0.717) is 12.5 Å². The van der Waals surface area contributed by atoms with E-state index in [1.165, 1.54) is 11.8 Å². The van der Waals surface area contributed by atoms with E-state index in [4.69, 9.17) is 9.84 Å². The van der Waals surface area contributed by atoms with Crippen LogP contribution in [-0.2, 0) is 4.74 Å². The Kier molecular flexibility index (Phi) is 1.34. The zero-order valence-electron chi connectivity index (χ0n) is 3.26. The molecular weight excluding hydrogens is 100 g/mol. The predicted octanol–water partition coefficient (Wildman–Crippen LogP) is 0.0257. The maximum Gasteiger partial charge on any atom is 0.125 e. The lowest BCUT2D eigenvalue weighted by Gasteiger charge is -1.88. The molecule has 36 valence electrons. The van der Waals surface area contributed by atoms with Gasteiger partial charge in [0.1, 0.15) is 5.44 Å². The Bertz CT molecular complexity index is 42.1. The van der Waals surface area contributed by atoms with Crippen LogP contribution in [-0.4, -0.2) is 23.1 Å². The molecule has 0 aromatic heterocycles. The first-order chi connectivity index (χ1) is 2.89. The Hall–Kier alpha value is 0.270. The third kappa shape index (κ3) is 0.864. The van der Waals surface area contributed by atoms with Crippen molar-refractivity contribution >= 4 is 11.8 Å². The minimum Gasteiger partial charge on any atom is -0.380 e. The van der Waals surface area contributed by atoms with Crippen LogP contribution in [0.25, 0.3) is 0 Å². The van der Waals surface area contributed by atoms with Crippen LogP contribution in [0.15, 0.2) is 0 Å². The molecule has 6 heavy (non-hydrogen) atoms. The van der Waals surface area contributed by atoms with E-state index in [2.05, 4.69) is 0 Å². The molecule has 0 amide bonds. The quantitative estimate of drug-likeness (QED) is 0.472. The van der Waals surface area contributed by atoms with Crippen LogP contribution in [0, 0.1) is 0 Å². The molecule has 1 N–H and O–H groups in total. The second-order valence-corrected chi connectivity index (χ2v) is 2.22. The van der Waals surface area contributed by atoms with E-state index >= 15 is 0 Å². The highest BCUT2D eigenvalue weighted by Gasteiger charge is 2.10.